The molecule has 0 aliphatic carbocycles. The molecule has 1 aliphatic rings. The maximum atomic E-state index is 10.7. The zero-order valence-electron chi connectivity index (χ0n) is 10.0. The van der Waals surface area contributed by atoms with Gasteiger partial charge in [0.05, 0.1) is 11.5 Å². The molecule has 0 amide bonds. The fraction of sp³-hybridized carbons (Fsp3) is 0.500. The van der Waals surface area contributed by atoms with E-state index >= 15 is 0 Å². The van der Waals surface area contributed by atoms with E-state index in [1.54, 1.807) is 12.1 Å². The number of nitro groups is 1. The number of hydrogen-bond acceptors (Lipinski definition) is 4. The number of non-ortho nitro benzene ring substituents is 1. The number of rotatable bonds is 3. The number of nitro benzene ring substituents is 1. The summed E-state index contributed by atoms with van der Waals surface area (Å²) >= 11 is 0. The molecule has 6 heteroatoms. The summed E-state index contributed by atoms with van der Waals surface area (Å²) in [6.45, 7) is 2.38. The number of β-amino-alcohol motifs (C(OH)–C–C–N with tert-alkyl or cyclic N) is 1. The Bertz CT molecular complexity index is 426. The fourth-order valence-corrected chi connectivity index (χ4v) is 2.26. The molecule has 18 heavy (non-hydrogen) atoms. The summed E-state index contributed by atoms with van der Waals surface area (Å²) in [5, 5.41) is 19.7. The molecule has 0 radical (unpaired) electrons. The molecular weight excluding hydrogens is 256 g/mol. The highest BCUT2D eigenvalue weighted by atomic mass is 35.5. The Labute approximate surface area is 112 Å². The monoisotopic (exact) mass is 272 g/mol. The Hall–Kier alpha value is -1.17. The molecule has 1 aromatic carbocycles. The summed E-state index contributed by atoms with van der Waals surface area (Å²) in [4.78, 5) is 12.5. The van der Waals surface area contributed by atoms with Gasteiger partial charge >= 0.3 is 0 Å². The predicted octanol–water partition coefficient (Wildman–Crippen LogP) is 1.76. The number of aryl methyl sites for hydroxylation is 1. The Morgan fingerprint density at radius 2 is 2.17 bits per heavy atom. The zero-order chi connectivity index (χ0) is 12.3. The van der Waals surface area contributed by atoms with Crippen LogP contribution >= 0.6 is 12.4 Å². The van der Waals surface area contributed by atoms with Crippen molar-refractivity contribution in [2.45, 2.75) is 19.4 Å². The number of benzene rings is 1. The third kappa shape index (κ3) is 3.41. The highest BCUT2D eigenvalue weighted by Gasteiger charge is 2.16. The molecule has 1 aliphatic heterocycles. The number of aliphatic hydroxyl groups is 1. The molecule has 100 valence electrons. The van der Waals surface area contributed by atoms with E-state index in [4.69, 9.17) is 5.11 Å². The van der Waals surface area contributed by atoms with E-state index in [-0.39, 0.29) is 29.6 Å². The van der Waals surface area contributed by atoms with Crippen LogP contribution in [0.15, 0.2) is 18.2 Å². The minimum absolute atomic E-state index is 0. The van der Waals surface area contributed by atoms with Gasteiger partial charge in [0.25, 0.3) is 5.69 Å². The molecule has 0 fully saturated rings. The summed E-state index contributed by atoms with van der Waals surface area (Å²) < 4.78 is 0. The molecular formula is C12H17ClN2O3. The van der Waals surface area contributed by atoms with Gasteiger partial charge in [0.1, 0.15) is 0 Å². The number of aliphatic hydroxyl groups excluding tert-OH is 1. The lowest BCUT2D eigenvalue weighted by molar-refractivity contribution is -0.384. The van der Waals surface area contributed by atoms with Gasteiger partial charge in [0.15, 0.2) is 0 Å². The van der Waals surface area contributed by atoms with Crippen LogP contribution in [-0.4, -0.2) is 34.6 Å². The van der Waals surface area contributed by atoms with Gasteiger partial charge in [-0.15, -0.1) is 12.4 Å². The van der Waals surface area contributed by atoms with Crippen LogP contribution in [-0.2, 0) is 13.0 Å². The SMILES string of the molecule is Cl.O=[N+]([O-])c1ccc2c(c1)CN(CCO)CCC2. The third-order valence-corrected chi connectivity index (χ3v) is 3.13. The summed E-state index contributed by atoms with van der Waals surface area (Å²) in [5.74, 6) is 0. The van der Waals surface area contributed by atoms with Gasteiger partial charge < -0.3 is 5.11 Å². The van der Waals surface area contributed by atoms with Gasteiger partial charge in [-0.3, -0.25) is 15.0 Å². The summed E-state index contributed by atoms with van der Waals surface area (Å²) in [5.41, 5.74) is 2.36. The summed E-state index contributed by atoms with van der Waals surface area (Å²) in [7, 11) is 0. The topological polar surface area (TPSA) is 66.6 Å². The van der Waals surface area contributed by atoms with Crippen LogP contribution in [0.5, 0.6) is 0 Å². The number of nitrogens with zero attached hydrogens (tertiary/aromatic N) is 2. The minimum atomic E-state index is -0.360. The molecule has 2 rings (SSSR count). The van der Waals surface area contributed by atoms with Crippen LogP contribution in [0.1, 0.15) is 17.5 Å². The number of halogens is 1. The van der Waals surface area contributed by atoms with Crippen LogP contribution in [0.3, 0.4) is 0 Å². The molecule has 0 aromatic heterocycles. The summed E-state index contributed by atoms with van der Waals surface area (Å²) in [6.07, 6.45) is 1.99. The van der Waals surface area contributed by atoms with Gasteiger partial charge in [-0.05, 0) is 30.5 Å². The molecule has 1 heterocycles. The molecule has 0 unspecified atom stereocenters. The first-order valence-electron chi connectivity index (χ1n) is 5.80. The summed E-state index contributed by atoms with van der Waals surface area (Å²) in [6, 6.07) is 5.08. The van der Waals surface area contributed by atoms with E-state index in [0.717, 1.165) is 24.9 Å². The lowest BCUT2D eigenvalue weighted by Gasteiger charge is -2.18. The molecule has 0 saturated heterocycles. The molecule has 5 nitrogen and oxygen atoms in total. The Morgan fingerprint density at radius 3 is 2.83 bits per heavy atom. The number of hydrogen-bond donors (Lipinski definition) is 1. The average Bonchev–Trinajstić information content (AvgIpc) is 2.50. The highest BCUT2D eigenvalue weighted by molar-refractivity contribution is 5.85. The van der Waals surface area contributed by atoms with Crippen molar-refractivity contribution >= 4 is 18.1 Å². The van der Waals surface area contributed by atoms with Crippen molar-refractivity contribution in [3.8, 4) is 0 Å². The van der Waals surface area contributed by atoms with Crippen molar-refractivity contribution in [1.82, 2.24) is 4.90 Å². The van der Waals surface area contributed by atoms with E-state index in [1.165, 1.54) is 5.56 Å². The van der Waals surface area contributed by atoms with E-state index in [1.807, 2.05) is 6.07 Å². The Morgan fingerprint density at radius 1 is 1.39 bits per heavy atom. The van der Waals surface area contributed by atoms with Crippen molar-refractivity contribution in [3.63, 3.8) is 0 Å². The largest absolute Gasteiger partial charge is 0.395 e. The second-order valence-electron chi connectivity index (χ2n) is 4.31. The molecule has 1 aromatic rings. The van der Waals surface area contributed by atoms with Crippen molar-refractivity contribution < 1.29 is 10.0 Å². The van der Waals surface area contributed by atoms with Crippen LogP contribution in [0, 0.1) is 10.1 Å². The maximum Gasteiger partial charge on any atom is 0.269 e. The van der Waals surface area contributed by atoms with Gasteiger partial charge in [-0.25, -0.2) is 0 Å². The van der Waals surface area contributed by atoms with Crippen LogP contribution in [0.4, 0.5) is 5.69 Å². The van der Waals surface area contributed by atoms with Crippen molar-refractivity contribution in [2.24, 2.45) is 0 Å². The smallest absolute Gasteiger partial charge is 0.269 e. The van der Waals surface area contributed by atoms with Crippen molar-refractivity contribution in [2.75, 3.05) is 19.7 Å². The molecule has 1 N–H and O–H groups in total. The second kappa shape index (κ2) is 6.68. The first-order chi connectivity index (χ1) is 8.20. The third-order valence-electron chi connectivity index (χ3n) is 3.13. The van der Waals surface area contributed by atoms with E-state index in [9.17, 15) is 10.1 Å². The van der Waals surface area contributed by atoms with E-state index in [2.05, 4.69) is 4.90 Å². The number of fused-ring (bicyclic) bond motifs is 1. The zero-order valence-corrected chi connectivity index (χ0v) is 10.9. The van der Waals surface area contributed by atoms with E-state index in [0.29, 0.717) is 13.1 Å². The fourth-order valence-electron chi connectivity index (χ4n) is 2.26. The Kier molecular flexibility index (Phi) is 5.53. The lowest BCUT2D eigenvalue weighted by Crippen LogP contribution is -2.26. The minimum Gasteiger partial charge on any atom is -0.395 e. The van der Waals surface area contributed by atoms with Crippen molar-refractivity contribution in [1.29, 1.82) is 0 Å². The van der Waals surface area contributed by atoms with Gasteiger partial charge in [0, 0.05) is 25.2 Å². The molecule has 0 saturated carbocycles. The first kappa shape index (κ1) is 14.9. The van der Waals surface area contributed by atoms with Crippen molar-refractivity contribution in [3.05, 3.63) is 39.4 Å². The van der Waals surface area contributed by atoms with Gasteiger partial charge in [-0.2, -0.15) is 0 Å². The van der Waals surface area contributed by atoms with Gasteiger partial charge in [-0.1, -0.05) is 6.07 Å². The highest BCUT2D eigenvalue weighted by Crippen LogP contribution is 2.23. The maximum absolute atomic E-state index is 10.7. The predicted molar refractivity (Wildman–Crippen MR) is 71.0 cm³/mol. The van der Waals surface area contributed by atoms with Crippen LogP contribution in [0.25, 0.3) is 0 Å². The standard InChI is InChI=1S/C12H16N2O3.ClH/c15-7-6-13-5-1-2-10-3-4-12(14(16)17)8-11(10)9-13;/h3-4,8,15H,1-2,5-7,9H2;1H. The van der Waals surface area contributed by atoms with Gasteiger partial charge in [0.2, 0.25) is 0 Å². The second-order valence-corrected chi connectivity index (χ2v) is 4.31. The quantitative estimate of drug-likeness (QED) is 0.673. The van der Waals surface area contributed by atoms with E-state index < -0.39 is 0 Å². The molecule has 0 bridgehead atoms. The molecule has 0 spiro atoms. The lowest BCUT2D eigenvalue weighted by atomic mass is 10.0. The van der Waals surface area contributed by atoms with Crippen LogP contribution in [0.2, 0.25) is 0 Å². The molecule has 0 atom stereocenters. The average molecular weight is 273 g/mol. The normalized spacial score (nSPS) is 15.4. The Balaban J connectivity index is 0.00000162. The van der Waals surface area contributed by atoms with Crippen LogP contribution < -0.4 is 0 Å². The first-order valence-corrected chi connectivity index (χ1v) is 5.80.